The fraction of sp³-hybridized carbons (Fsp3) is 0.476. The molecule has 0 unspecified atom stereocenters. The smallest absolute Gasteiger partial charge is 0.213 e. The average Bonchev–Trinajstić information content (AvgIpc) is 3.01. The monoisotopic (exact) mass is 354 g/mol. The Morgan fingerprint density at radius 3 is 2.92 bits per heavy atom. The summed E-state index contributed by atoms with van der Waals surface area (Å²) in [6.07, 6.45) is 5.89. The van der Waals surface area contributed by atoms with Crippen LogP contribution in [-0.4, -0.2) is 46.4 Å². The van der Waals surface area contributed by atoms with Crippen LogP contribution in [0.3, 0.4) is 0 Å². The minimum absolute atomic E-state index is 0.0825. The van der Waals surface area contributed by atoms with Crippen LogP contribution in [-0.2, 0) is 11.3 Å². The van der Waals surface area contributed by atoms with E-state index < -0.39 is 0 Å². The van der Waals surface area contributed by atoms with E-state index in [2.05, 4.69) is 16.0 Å². The third-order valence-electron chi connectivity index (χ3n) is 5.87. The lowest BCUT2D eigenvalue weighted by Gasteiger charge is -2.43. The topological polar surface area (TPSA) is 54.8 Å². The number of hydrogen-bond acceptors (Lipinski definition) is 5. The summed E-state index contributed by atoms with van der Waals surface area (Å²) in [6, 6.07) is 13.6. The Kier molecular flexibility index (Phi) is 4.83. The molecule has 1 N–H and O–H groups in total. The molecule has 2 fully saturated rings. The van der Waals surface area contributed by atoms with Crippen molar-refractivity contribution in [2.75, 3.05) is 13.7 Å². The van der Waals surface area contributed by atoms with Gasteiger partial charge in [-0.3, -0.25) is 4.90 Å². The number of nitrogens with zero attached hydrogens (tertiary/aromatic N) is 2. The first-order chi connectivity index (χ1) is 12.7. The largest absolute Gasteiger partial charge is 0.508 e. The van der Waals surface area contributed by atoms with Gasteiger partial charge in [0.2, 0.25) is 5.88 Å². The Morgan fingerprint density at radius 1 is 1.23 bits per heavy atom. The van der Waals surface area contributed by atoms with E-state index >= 15 is 0 Å². The maximum atomic E-state index is 9.75. The van der Waals surface area contributed by atoms with Gasteiger partial charge in [-0.05, 0) is 43.0 Å². The van der Waals surface area contributed by atoms with Crippen molar-refractivity contribution >= 4 is 0 Å². The van der Waals surface area contributed by atoms with Crippen LogP contribution in [0.4, 0.5) is 0 Å². The number of likely N-dealkylation sites (tertiary alicyclic amines) is 1. The lowest BCUT2D eigenvalue weighted by atomic mass is 9.79. The number of hydrogen-bond donors (Lipinski definition) is 1. The van der Waals surface area contributed by atoms with E-state index in [4.69, 9.17) is 9.47 Å². The predicted octanol–water partition coefficient (Wildman–Crippen LogP) is 3.38. The highest BCUT2D eigenvalue weighted by molar-refractivity contribution is 5.27. The highest BCUT2D eigenvalue weighted by Crippen LogP contribution is 2.43. The molecule has 1 saturated carbocycles. The zero-order valence-electron chi connectivity index (χ0n) is 15.2. The summed E-state index contributed by atoms with van der Waals surface area (Å²) in [6.45, 7) is 1.82. The zero-order valence-corrected chi connectivity index (χ0v) is 15.2. The van der Waals surface area contributed by atoms with Crippen molar-refractivity contribution in [3.63, 3.8) is 0 Å². The molecule has 0 amide bonds. The Hall–Kier alpha value is -2.11. The number of pyridine rings is 1. The van der Waals surface area contributed by atoms with E-state index in [1.165, 1.54) is 0 Å². The first-order valence-corrected chi connectivity index (χ1v) is 9.33. The Morgan fingerprint density at radius 2 is 2.15 bits per heavy atom. The molecule has 3 atom stereocenters. The maximum Gasteiger partial charge on any atom is 0.213 e. The van der Waals surface area contributed by atoms with E-state index in [1.54, 1.807) is 12.3 Å². The molecule has 4 rings (SSSR count). The summed E-state index contributed by atoms with van der Waals surface area (Å²) in [5.74, 6) is 1.01. The summed E-state index contributed by atoms with van der Waals surface area (Å²) in [4.78, 5) is 6.78. The van der Waals surface area contributed by atoms with Gasteiger partial charge < -0.3 is 14.6 Å². The second-order valence-electron chi connectivity index (χ2n) is 7.36. The van der Waals surface area contributed by atoms with Crippen molar-refractivity contribution in [2.45, 2.75) is 50.0 Å². The molecule has 5 nitrogen and oxygen atoms in total. The third-order valence-corrected chi connectivity index (χ3v) is 5.87. The second kappa shape index (κ2) is 7.25. The Bertz CT molecular complexity index is 739. The number of fused-ring (bicyclic) bond motifs is 1. The van der Waals surface area contributed by atoms with E-state index in [0.29, 0.717) is 17.7 Å². The molecular weight excluding hydrogens is 328 g/mol. The van der Waals surface area contributed by atoms with Gasteiger partial charge in [0.1, 0.15) is 11.9 Å². The van der Waals surface area contributed by atoms with Gasteiger partial charge in [0.15, 0.2) is 0 Å². The number of ether oxygens (including phenoxy) is 2. The number of rotatable bonds is 5. The lowest BCUT2D eigenvalue weighted by Crippen LogP contribution is -2.52. The van der Waals surface area contributed by atoms with Gasteiger partial charge in [0, 0.05) is 44.9 Å². The van der Waals surface area contributed by atoms with E-state index in [0.717, 1.165) is 44.3 Å². The van der Waals surface area contributed by atoms with Crippen LogP contribution >= 0.6 is 0 Å². The number of aromatic hydroxyl groups is 1. The van der Waals surface area contributed by atoms with Crippen molar-refractivity contribution in [3.8, 4) is 11.6 Å². The fourth-order valence-corrected chi connectivity index (χ4v) is 4.53. The quantitative estimate of drug-likeness (QED) is 0.892. The molecule has 1 aliphatic carbocycles. The van der Waals surface area contributed by atoms with Gasteiger partial charge in [-0.2, -0.15) is 0 Å². The number of methoxy groups -OCH3 is 1. The van der Waals surface area contributed by atoms with Crippen molar-refractivity contribution in [1.82, 2.24) is 9.88 Å². The Labute approximate surface area is 154 Å². The van der Waals surface area contributed by atoms with E-state index in [-0.39, 0.29) is 11.7 Å². The molecule has 2 heterocycles. The standard InChI is InChI=1S/C21H26N2O3/c1-25-21-9-8-18(26-20-7-2-3-11-22-20)14-19(21)23(12-10-21)15-16-5-4-6-17(24)13-16/h2-7,11,13,18-19,24H,8-10,12,14-15H2,1H3/t18-,19-,21+/m0/s1. The van der Waals surface area contributed by atoms with E-state index in [9.17, 15) is 5.11 Å². The number of aromatic nitrogens is 1. The summed E-state index contributed by atoms with van der Waals surface area (Å²) >= 11 is 0. The zero-order chi connectivity index (χ0) is 18.0. The molecule has 2 aromatic rings. The molecule has 5 heteroatoms. The predicted molar refractivity (Wildman–Crippen MR) is 99.2 cm³/mol. The highest BCUT2D eigenvalue weighted by atomic mass is 16.5. The van der Waals surface area contributed by atoms with Gasteiger partial charge in [0.25, 0.3) is 0 Å². The molecule has 1 aromatic heterocycles. The summed E-state index contributed by atoms with van der Waals surface area (Å²) < 4.78 is 12.2. The van der Waals surface area contributed by atoms with Crippen molar-refractivity contribution < 1.29 is 14.6 Å². The van der Waals surface area contributed by atoms with Crippen molar-refractivity contribution in [1.29, 1.82) is 0 Å². The fourth-order valence-electron chi connectivity index (χ4n) is 4.53. The van der Waals surface area contributed by atoms with Gasteiger partial charge in [-0.25, -0.2) is 4.98 Å². The molecule has 0 bridgehead atoms. The van der Waals surface area contributed by atoms with Crippen molar-refractivity contribution in [3.05, 3.63) is 54.2 Å². The molecule has 1 aliphatic heterocycles. The summed E-state index contributed by atoms with van der Waals surface area (Å²) in [5.41, 5.74) is 1.05. The second-order valence-corrected chi connectivity index (χ2v) is 7.36. The molecule has 0 radical (unpaired) electrons. The third kappa shape index (κ3) is 3.41. The van der Waals surface area contributed by atoms with Crippen LogP contribution in [0.15, 0.2) is 48.7 Å². The minimum atomic E-state index is -0.0825. The van der Waals surface area contributed by atoms with Gasteiger partial charge in [-0.15, -0.1) is 0 Å². The van der Waals surface area contributed by atoms with Crippen LogP contribution < -0.4 is 4.74 Å². The van der Waals surface area contributed by atoms with Crippen LogP contribution in [0, 0.1) is 0 Å². The minimum Gasteiger partial charge on any atom is -0.508 e. The summed E-state index contributed by atoms with van der Waals surface area (Å²) in [7, 11) is 1.84. The molecule has 2 aliphatic rings. The first kappa shape index (κ1) is 17.3. The normalized spacial score (nSPS) is 28.7. The van der Waals surface area contributed by atoms with Crippen LogP contribution in [0.2, 0.25) is 0 Å². The number of benzene rings is 1. The Balaban J connectivity index is 1.49. The molecule has 138 valence electrons. The van der Waals surface area contributed by atoms with E-state index in [1.807, 2.05) is 37.4 Å². The first-order valence-electron chi connectivity index (χ1n) is 9.33. The molecular formula is C21H26N2O3. The van der Waals surface area contributed by atoms with Gasteiger partial charge >= 0.3 is 0 Å². The molecule has 1 aromatic carbocycles. The maximum absolute atomic E-state index is 9.75. The molecule has 1 saturated heterocycles. The molecule has 26 heavy (non-hydrogen) atoms. The highest BCUT2D eigenvalue weighted by Gasteiger charge is 2.51. The van der Waals surface area contributed by atoms with Gasteiger partial charge in [0.05, 0.1) is 5.60 Å². The molecule has 0 spiro atoms. The van der Waals surface area contributed by atoms with Crippen LogP contribution in [0.25, 0.3) is 0 Å². The average molecular weight is 354 g/mol. The van der Waals surface area contributed by atoms with Crippen molar-refractivity contribution in [2.24, 2.45) is 0 Å². The van der Waals surface area contributed by atoms with Crippen LogP contribution in [0.5, 0.6) is 11.6 Å². The number of phenolic OH excluding ortho intramolecular Hbond substituents is 1. The lowest BCUT2D eigenvalue weighted by molar-refractivity contribution is -0.0843. The number of phenols is 1. The SMILES string of the molecule is CO[C@@]12CC[C@H](Oc3ccccn3)C[C@@H]1N(Cc1cccc(O)c1)CC2. The summed E-state index contributed by atoms with van der Waals surface area (Å²) in [5, 5.41) is 9.75. The van der Waals surface area contributed by atoms with Gasteiger partial charge in [-0.1, -0.05) is 18.2 Å². The van der Waals surface area contributed by atoms with Crippen LogP contribution in [0.1, 0.15) is 31.2 Å².